The van der Waals surface area contributed by atoms with Crippen LogP contribution in [0.3, 0.4) is 0 Å². The fourth-order valence-electron chi connectivity index (χ4n) is 3.75. The van der Waals surface area contributed by atoms with Gasteiger partial charge in [-0.1, -0.05) is 18.6 Å². The Hall–Kier alpha value is -2.48. The Bertz CT molecular complexity index is 1020. The number of nitrogens with zero attached hydrogens (tertiary/aromatic N) is 3. The first kappa shape index (κ1) is 21.7. The molecule has 0 bridgehead atoms. The summed E-state index contributed by atoms with van der Waals surface area (Å²) in [5, 5.41) is 2.16. The van der Waals surface area contributed by atoms with E-state index in [0.717, 1.165) is 74.8 Å². The summed E-state index contributed by atoms with van der Waals surface area (Å²) >= 11 is 1.62. The van der Waals surface area contributed by atoms with Crippen LogP contribution in [0.4, 0.5) is 15.8 Å². The van der Waals surface area contributed by atoms with E-state index in [4.69, 9.17) is 15.5 Å². The Labute approximate surface area is 186 Å². The largest absolute Gasteiger partial charge is 0.378 e. The highest BCUT2D eigenvalue weighted by Crippen LogP contribution is 2.25. The maximum absolute atomic E-state index is 13.3. The monoisotopic (exact) mass is 440 g/mol. The van der Waals surface area contributed by atoms with Crippen molar-refractivity contribution in [1.82, 2.24) is 4.57 Å². The molecule has 4 rings (SSSR count). The number of anilines is 1. The minimum atomic E-state index is -0.249. The number of nitrogens with two attached hydrogens (primary N) is 1. The minimum Gasteiger partial charge on any atom is -0.378 e. The highest BCUT2D eigenvalue weighted by molar-refractivity contribution is 7.07. The highest BCUT2D eigenvalue weighted by atomic mass is 32.1. The van der Waals surface area contributed by atoms with E-state index in [9.17, 15) is 4.39 Å². The second kappa shape index (κ2) is 10.7. The van der Waals surface area contributed by atoms with Gasteiger partial charge in [-0.2, -0.15) is 0 Å². The van der Waals surface area contributed by atoms with Gasteiger partial charge in [0.05, 0.1) is 24.6 Å². The Balaban J connectivity index is 1.62. The lowest BCUT2D eigenvalue weighted by Gasteiger charge is -2.28. The molecule has 7 heteroatoms. The standard InChI is InChI=1S/C24H29FN4OS/c25-20-6-8-21(9-7-20)27-24-29(13-3-1-2-12-26)23(18-31-24)19-4-10-22(11-5-19)28-14-16-30-17-15-28/h4-11,18H,1-3,12-17,26H2/b27-24-. The Morgan fingerprint density at radius 2 is 1.71 bits per heavy atom. The zero-order valence-electron chi connectivity index (χ0n) is 17.7. The van der Waals surface area contributed by atoms with Gasteiger partial charge in [-0.3, -0.25) is 0 Å². The molecule has 1 aromatic heterocycles. The van der Waals surface area contributed by atoms with Crippen LogP contribution in [0, 0.1) is 5.82 Å². The number of hydrogen-bond acceptors (Lipinski definition) is 5. The van der Waals surface area contributed by atoms with E-state index >= 15 is 0 Å². The van der Waals surface area contributed by atoms with E-state index in [1.54, 1.807) is 23.5 Å². The van der Waals surface area contributed by atoms with Gasteiger partial charge in [0.1, 0.15) is 5.82 Å². The molecule has 0 unspecified atom stereocenters. The summed E-state index contributed by atoms with van der Waals surface area (Å²) < 4.78 is 21.0. The molecule has 1 aliphatic rings. The summed E-state index contributed by atoms with van der Waals surface area (Å²) in [7, 11) is 0. The van der Waals surface area contributed by atoms with Crippen LogP contribution in [0.5, 0.6) is 0 Å². The summed E-state index contributed by atoms with van der Waals surface area (Å²) in [4.78, 5) is 8.07. The van der Waals surface area contributed by atoms with Crippen LogP contribution in [-0.2, 0) is 11.3 Å². The van der Waals surface area contributed by atoms with Crippen molar-refractivity contribution in [2.45, 2.75) is 25.8 Å². The second-order valence-electron chi connectivity index (χ2n) is 7.64. The van der Waals surface area contributed by atoms with Crippen molar-refractivity contribution in [3.05, 3.63) is 64.5 Å². The average molecular weight is 441 g/mol. The topological polar surface area (TPSA) is 55.8 Å². The highest BCUT2D eigenvalue weighted by Gasteiger charge is 2.13. The molecule has 1 fully saturated rings. The third-order valence-electron chi connectivity index (χ3n) is 5.47. The van der Waals surface area contributed by atoms with Crippen LogP contribution in [0.15, 0.2) is 58.9 Å². The van der Waals surface area contributed by atoms with Crippen molar-refractivity contribution in [1.29, 1.82) is 0 Å². The molecule has 5 nitrogen and oxygen atoms in total. The summed E-state index contributed by atoms with van der Waals surface area (Å²) in [6.45, 7) is 5.02. The van der Waals surface area contributed by atoms with Crippen LogP contribution in [0.2, 0.25) is 0 Å². The van der Waals surface area contributed by atoms with Crippen LogP contribution in [-0.4, -0.2) is 37.4 Å². The second-order valence-corrected chi connectivity index (χ2v) is 8.48. The number of rotatable bonds is 8. The molecule has 0 saturated carbocycles. The number of ether oxygens (including phenoxy) is 1. The van der Waals surface area contributed by atoms with Crippen molar-refractivity contribution >= 4 is 22.7 Å². The number of halogens is 1. The molecule has 1 aliphatic heterocycles. The van der Waals surface area contributed by atoms with Gasteiger partial charge in [0.2, 0.25) is 0 Å². The molecule has 0 amide bonds. The van der Waals surface area contributed by atoms with E-state index in [1.807, 2.05) is 0 Å². The van der Waals surface area contributed by atoms with Gasteiger partial charge < -0.3 is 19.9 Å². The van der Waals surface area contributed by atoms with Crippen LogP contribution < -0.4 is 15.4 Å². The molecule has 31 heavy (non-hydrogen) atoms. The fraction of sp³-hybridized carbons (Fsp3) is 0.375. The predicted octanol–water partition coefficient (Wildman–Crippen LogP) is 4.55. The maximum atomic E-state index is 13.3. The minimum absolute atomic E-state index is 0.249. The lowest BCUT2D eigenvalue weighted by molar-refractivity contribution is 0.122. The molecular weight excluding hydrogens is 411 g/mol. The molecule has 3 aromatic rings. The van der Waals surface area contributed by atoms with Crippen LogP contribution >= 0.6 is 11.3 Å². The van der Waals surface area contributed by atoms with E-state index in [0.29, 0.717) is 0 Å². The van der Waals surface area contributed by atoms with Gasteiger partial charge in [0.25, 0.3) is 0 Å². The number of morpholine rings is 1. The SMILES string of the molecule is NCCCCCn1c(-c2ccc(N3CCOCC3)cc2)cs/c1=N\c1ccc(F)cc1. The molecule has 0 radical (unpaired) electrons. The Morgan fingerprint density at radius 3 is 2.42 bits per heavy atom. The van der Waals surface area contributed by atoms with Gasteiger partial charge >= 0.3 is 0 Å². The molecule has 0 atom stereocenters. The quantitative estimate of drug-likeness (QED) is 0.523. The van der Waals surface area contributed by atoms with Crippen LogP contribution in [0.1, 0.15) is 19.3 Å². The average Bonchev–Trinajstić information content (AvgIpc) is 3.21. The van der Waals surface area contributed by atoms with E-state index in [-0.39, 0.29) is 5.82 Å². The number of thiazole rings is 1. The van der Waals surface area contributed by atoms with Crippen molar-refractivity contribution in [3.63, 3.8) is 0 Å². The van der Waals surface area contributed by atoms with E-state index in [1.165, 1.54) is 23.4 Å². The normalized spacial score (nSPS) is 14.9. The lowest BCUT2D eigenvalue weighted by Crippen LogP contribution is -2.36. The van der Waals surface area contributed by atoms with Crippen molar-refractivity contribution in [2.75, 3.05) is 37.7 Å². The summed E-state index contributed by atoms with van der Waals surface area (Å²) in [6.07, 6.45) is 3.16. The van der Waals surface area contributed by atoms with Gasteiger partial charge in [-0.15, -0.1) is 11.3 Å². The van der Waals surface area contributed by atoms with Gasteiger partial charge in [-0.05, 0) is 61.3 Å². The predicted molar refractivity (Wildman–Crippen MR) is 125 cm³/mol. The Kier molecular flexibility index (Phi) is 7.51. The molecular formula is C24H29FN4OS. The molecule has 0 spiro atoms. The van der Waals surface area contributed by atoms with Crippen LogP contribution in [0.25, 0.3) is 11.3 Å². The van der Waals surface area contributed by atoms with Crippen molar-refractivity contribution in [3.8, 4) is 11.3 Å². The zero-order chi connectivity index (χ0) is 21.5. The smallest absolute Gasteiger partial charge is 0.190 e. The number of hydrogen-bond donors (Lipinski definition) is 1. The van der Waals surface area contributed by atoms with E-state index in [2.05, 4.69) is 39.1 Å². The fourth-order valence-corrected chi connectivity index (χ4v) is 4.70. The van der Waals surface area contributed by atoms with Gasteiger partial charge in [0, 0.05) is 30.7 Å². The summed E-state index contributed by atoms with van der Waals surface area (Å²) in [5.41, 5.74) is 9.98. The third-order valence-corrected chi connectivity index (χ3v) is 6.34. The van der Waals surface area contributed by atoms with Crippen molar-refractivity contribution < 1.29 is 9.13 Å². The molecule has 2 aromatic carbocycles. The molecule has 0 aliphatic carbocycles. The number of aromatic nitrogens is 1. The van der Waals surface area contributed by atoms with Crippen molar-refractivity contribution in [2.24, 2.45) is 10.7 Å². The zero-order valence-corrected chi connectivity index (χ0v) is 18.5. The molecule has 164 valence electrons. The Morgan fingerprint density at radius 1 is 0.968 bits per heavy atom. The molecule has 2 N–H and O–H groups in total. The molecule has 1 saturated heterocycles. The van der Waals surface area contributed by atoms with Gasteiger partial charge in [-0.25, -0.2) is 9.38 Å². The first-order valence-electron chi connectivity index (χ1n) is 10.9. The summed E-state index contributed by atoms with van der Waals surface area (Å²) in [5.74, 6) is -0.249. The van der Waals surface area contributed by atoms with E-state index < -0.39 is 0 Å². The number of unbranched alkanes of at least 4 members (excludes halogenated alkanes) is 2. The number of benzene rings is 2. The summed E-state index contributed by atoms with van der Waals surface area (Å²) in [6, 6.07) is 15.1. The van der Waals surface area contributed by atoms with Gasteiger partial charge in [0.15, 0.2) is 4.80 Å². The first-order valence-corrected chi connectivity index (χ1v) is 11.7. The third kappa shape index (κ3) is 5.61. The molecule has 2 heterocycles. The lowest BCUT2D eigenvalue weighted by atomic mass is 10.1. The first-order chi connectivity index (χ1) is 15.2. The maximum Gasteiger partial charge on any atom is 0.190 e.